The highest BCUT2D eigenvalue weighted by atomic mass is 32.2. The minimum absolute atomic E-state index is 0.0477. The summed E-state index contributed by atoms with van der Waals surface area (Å²) in [7, 11) is 0. The molecule has 1 aromatic heterocycles. The van der Waals surface area contributed by atoms with Crippen LogP contribution in [0.2, 0.25) is 0 Å². The van der Waals surface area contributed by atoms with Crippen LogP contribution in [0.1, 0.15) is 6.92 Å². The number of aromatic nitrogens is 2. The molecule has 0 saturated heterocycles. The molecule has 0 bridgehead atoms. The van der Waals surface area contributed by atoms with Crippen LogP contribution in [-0.4, -0.2) is 21.1 Å². The molecule has 1 amide bonds. The van der Waals surface area contributed by atoms with Crippen LogP contribution >= 0.6 is 11.8 Å². The Morgan fingerprint density at radius 2 is 2.04 bits per heavy atom. The van der Waals surface area contributed by atoms with Gasteiger partial charge in [-0.25, -0.2) is 13.8 Å². The Bertz CT molecular complexity index is 832. The smallest absolute Gasteiger partial charge is 0.237 e. The molecule has 1 atom stereocenters. The van der Waals surface area contributed by atoms with Gasteiger partial charge in [-0.1, -0.05) is 23.9 Å². The molecule has 0 saturated carbocycles. The summed E-state index contributed by atoms with van der Waals surface area (Å²) in [6.07, 6.45) is 0. The number of rotatable bonds is 4. The molecule has 0 radical (unpaired) electrons. The largest absolute Gasteiger partial charge is 0.333 e. The van der Waals surface area contributed by atoms with Gasteiger partial charge in [0.1, 0.15) is 11.6 Å². The average molecular weight is 333 g/mol. The topological polar surface area (TPSA) is 57.8 Å². The molecule has 4 nitrogen and oxygen atoms in total. The van der Waals surface area contributed by atoms with Crippen molar-refractivity contribution in [3.63, 3.8) is 0 Å². The fourth-order valence-corrected chi connectivity index (χ4v) is 2.85. The van der Waals surface area contributed by atoms with Gasteiger partial charge in [0.05, 0.1) is 22.0 Å². The number of H-pyrrole nitrogens is 1. The Morgan fingerprint density at radius 1 is 1.26 bits per heavy atom. The zero-order valence-corrected chi connectivity index (χ0v) is 13.0. The third-order valence-electron chi connectivity index (χ3n) is 3.21. The molecule has 23 heavy (non-hydrogen) atoms. The molecule has 2 aromatic carbocycles. The van der Waals surface area contributed by atoms with E-state index in [2.05, 4.69) is 15.3 Å². The Labute approximate surface area is 135 Å². The number of anilines is 1. The van der Waals surface area contributed by atoms with Crippen LogP contribution in [0.3, 0.4) is 0 Å². The summed E-state index contributed by atoms with van der Waals surface area (Å²) in [5.41, 5.74) is 1.65. The SMILES string of the molecule is C[C@H](Sc1nc2ccccc2[nH]1)C(=O)Nc1ccc(F)cc1F. The Hall–Kier alpha value is -2.41. The predicted octanol–water partition coefficient (Wildman–Crippen LogP) is 3.96. The number of benzene rings is 2. The fraction of sp³-hybridized carbons (Fsp3) is 0.125. The molecule has 0 fully saturated rings. The van der Waals surface area contributed by atoms with Crippen molar-refractivity contribution < 1.29 is 13.6 Å². The molecule has 3 rings (SSSR count). The number of carbonyl (C=O) groups is 1. The van der Waals surface area contributed by atoms with Crippen LogP contribution in [0, 0.1) is 11.6 Å². The lowest BCUT2D eigenvalue weighted by atomic mass is 10.3. The number of amides is 1. The van der Waals surface area contributed by atoms with Gasteiger partial charge in [0.25, 0.3) is 0 Å². The van der Waals surface area contributed by atoms with E-state index in [0.717, 1.165) is 23.2 Å². The number of hydrogen-bond donors (Lipinski definition) is 2. The van der Waals surface area contributed by atoms with Crippen LogP contribution in [-0.2, 0) is 4.79 Å². The summed E-state index contributed by atoms with van der Waals surface area (Å²) >= 11 is 1.23. The van der Waals surface area contributed by atoms with Crippen molar-refractivity contribution in [1.82, 2.24) is 9.97 Å². The van der Waals surface area contributed by atoms with Crippen molar-refractivity contribution in [2.75, 3.05) is 5.32 Å². The highest BCUT2D eigenvalue weighted by molar-refractivity contribution is 8.00. The second-order valence-corrected chi connectivity index (χ2v) is 6.26. The molecule has 7 heteroatoms. The quantitative estimate of drug-likeness (QED) is 0.711. The van der Waals surface area contributed by atoms with E-state index in [1.54, 1.807) is 6.92 Å². The number of imidazole rings is 1. The molecule has 0 aliphatic heterocycles. The zero-order valence-electron chi connectivity index (χ0n) is 12.1. The summed E-state index contributed by atoms with van der Waals surface area (Å²) in [4.78, 5) is 19.6. The summed E-state index contributed by atoms with van der Waals surface area (Å²) < 4.78 is 26.4. The van der Waals surface area contributed by atoms with E-state index in [0.29, 0.717) is 5.16 Å². The maximum atomic E-state index is 13.6. The van der Waals surface area contributed by atoms with E-state index in [1.165, 1.54) is 17.8 Å². The maximum absolute atomic E-state index is 13.6. The van der Waals surface area contributed by atoms with Gasteiger partial charge in [-0.15, -0.1) is 0 Å². The van der Waals surface area contributed by atoms with Crippen LogP contribution in [0.25, 0.3) is 11.0 Å². The number of nitrogens with zero attached hydrogens (tertiary/aromatic N) is 1. The van der Waals surface area contributed by atoms with Crippen molar-refractivity contribution in [3.05, 3.63) is 54.1 Å². The number of thioether (sulfide) groups is 1. The molecule has 0 unspecified atom stereocenters. The van der Waals surface area contributed by atoms with Gasteiger partial charge in [0, 0.05) is 6.07 Å². The number of aromatic amines is 1. The summed E-state index contributed by atoms with van der Waals surface area (Å²) in [6.45, 7) is 1.69. The second-order valence-electron chi connectivity index (χ2n) is 4.93. The molecular weight excluding hydrogens is 320 g/mol. The third-order valence-corrected chi connectivity index (χ3v) is 4.20. The maximum Gasteiger partial charge on any atom is 0.237 e. The number of hydrogen-bond acceptors (Lipinski definition) is 3. The number of fused-ring (bicyclic) bond motifs is 1. The number of nitrogens with one attached hydrogen (secondary N) is 2. The minimum atomic E-state index is -0.806. The monoisotopic (exact) mass is 333 g/mol. The summed E-state index contributed by atoms with van der Waals surface area (Å²) in [5.74, 6) is -1.88. The highest BCUT2D eigenvalue weighted by Crippen LogP contribution is 2.24. The zero-order chi connectivity index (χ0) is 16.4. The van der Waals surface area contributed by atoms with E-state index in [1.807, 2.05) is 24.3 Å². The molecular formula is C16H13F2N3OS. The van der Waals surface area contributed by atoms with Crippen molar-refractivity contribution in [2.24, 2.45) is 0 Å². The molecule has 2 N–H and O–H groups in total. The Morgan fingerprint density at radius 3 is 2.78 bits per heavy atom. The van der Waals surface area contributed by atoms with Gasteiger partial charge >= 0.3 is 0 Å². The van der Waals surface area contributed by atoms with Crippen LogP contribution in [0.5, 0.6) is 0 Å². The van der Waals surface area contributed by atoms with E-state index >= 15 is 0 Å². The standard InChI is InChI=1S/C16H13F2N3OS/c1-9(15(22)19-12-7-6-10(17)8-11(12)18)23-16-20-13-4-2-3-5-14(13)21-16/h2-9H,1H3,(H,19,22)(H,20,21)/t9-/m0/s1. The Balaban J connectivity index is 1.69. The molecule has 0 aliphatic rings. The van der Waals surface area contributed by atoms with Gasteiger partial charge in [0.15, 0.2) is 5.16 Å². The molecule has 3 aromatic rings. The van der Waals surface area contributed by atoms with E-state index in [-0.39, 0.29) is 11.6 Å². The van der Waals surface area contributed by atoms with Gasteiger partial charge in [-0.2, -0.15) is 0 Å². The minimum Gasteiger partial charge on any atom is -0.333 e. The van der Waals surface area contributed by atoms with Crippen molar-refractivity contribution >= 4 is 34.4 Å². The third kappa shape index (κ3) is 3.50. The lowest BCUT2D eigenvalue weighted by Gasteiger charge is -2.11. The van der Waals surface area contributed by atoms with Crippen LogP contribution in [0.15, 0.2) is 47.6 Å². The van der Waals surface area contributed by atoms with Crippen molar-refractivity contribution in [3.8, 4) is 0 Å². The van der Waals surface area contributed by atoms with Gasteiger partial charge < -0.3 is 10.3 Å². The first-order valence-electron chi connectivity index (χ1n) is 6.90. The van der Waals surface area contributed by atoms with Gasteiger partial charge in [0.2, 0.25) is 5.91 Å². The van der Waals surface area contributed by atoms with Gasteiger partial charge in [-0.3, -0.25) is 4.79 Å². The molecule has 0 spiro atoms. The van der Waals surface area contributed by atoms with Crippen molar-refractivity contribution in [1.29, 1.82) is 0 Å². The molecule has 0 aliphatic carbocycles. The molecule has 1 heterocycles. The average Bonchev–Trinajstić information content (AvgIpc) is 2.92. The lowest BCUT2D eigenvalue weighted by molar-refractivity contribution is -0.115. The molecule has 118 valence electrons. The van der Waals surface area contributed by atoms with Gasteiger partial charge in [-0.05, 0) is 31.2 Å². The van der Waals surface area contributed by atoms with E-state index in [9.17, 15) is 13.6 Å². The lowest BCUT2D eigenvalue weighted by Crippen LogP contribution is -2.23. The first kappa shape index (κ1) is 15.5. The van der Waals surface area contributed by atoms with E-state index < -0.39 is 16.9 Å². The number of halogens is 2. The first-order valence-corrected chi connectivity index (χ1v) is 7.78. The second kappa shape index (κ2) is 6.37. The summed E-state index contributed by atoms with van der Waals surface area (Å²) in [5, 5.41) is 2.55. The fourth-order valence-electron chi connectivity index (χ4n) is 2.03. The predicted molar refractivity (Wildman–Crippen MR) is 86.4 cm³/mol. The Kier molecular flexibility index (Phi) is 4.29. The highest BCUT2D eigenvalue weighted by Gasteiger charge is 2.18. The van der Waals surface area contributed by atoms with Crippen molar-refractivity contribution in [2.45, 2.75) is 17.3 Å². The number of para-hydroxylation sites is 2. The normalized spacial score (nSPS) is 12.3. The summed E-state index contributed by atoms with van der Waals surface area (Å²) in [6, 6.07) is 10.6. The van der Waals surface area contributed by atoms with E-state index in [4.69, 9.17) is 0 Å². The van der Waals surface area contributed by atoms with Crippen LogP contribution < -0.4 is 5.32 Å². The number of carbonyl (C=O) groups excluding carboxylic acids is 1. The first-order chi connectivity index (χ1) is 11.0. The van der Waals surface area contributed by atoms with Crippen LogP contribution in [0.4, 0.5) is 14.5 Å².